The number of hydrogen-bond donors (Lipinski definition) is 1. The molecule has 1 unspecified atom stereocenters. The average Bonchev–Trinajstić information content (AvgIpc) is 3.12. The standard InChI is InChI=1S/C15H15ClN4OS/c1-3-9(2)19-15(21)10-8-18-20-11(6-7-17-14(10)20)12-4-5-13(16)22-12/h4-9H,3H2,1-2H3,(H,19,21). The molecule has 0 aliphatic carbocycles. The molecular weight excluding hydrogens is 320 g/mol. The van der Waals surface area contributed by atoms with Gasteiger partial charge in [-0.2, -0.15) is 5.10 Å². The summed E-state index contributed by atoms with van der Waals surface area (Å²) in [5.41, 5.74) is 1.89. The van der Waals surface area contributed by atoms with Crippen LogP contribution < -0.4 is 5.32 Å². The SMILES string of the molecule is CCC(C)NC(=O)c1cnn2c(-c3ccc(Cl)s3)ccnc12. The number of carbonyl (C=O) groups is 1. The quantitative estimate of drug-likeness (QED) is 0.792. The Hall–Kier alpha value is -1.92. The zero-order chi connectivity index (χ0) is 15.7. The first kappa shape index (κ1) is 15.0. The summed E-state index contributed by atoms with van der Waals surface area (Å²) in [6.45, 7) is 3.99. The van der Waals surface area contributed by atoms with E-state index in [-0.39, 0.29) is 11.9 Å². The van der Waals surface area contributed by atoms with Gasteiger partial charge in [-0.05, 0) is 31.5 Å². The molecule has 0 aliphatic heterocycles. The van der Waals surface area contributed by atoms with E-state index in [2.05, 4.69) is 15.4 Å². The van der Waals surface area contributed by atoms with Crippen LogP contribution in [0.25, 0.3) is 16.2 Å². The highest BCUT2D eigenvalue weighted by Gasteiger charge is 2.17. The number of fused-ring (bicyclic) bond motifs is 1. The zero-order valence-corrected chi connectivity index (χ0v) is 13.8. The van der Waals surface area contributed by atoms with Crippen molar-refractivity contribution in [2.24, 2.45) is 0 Å². The summed E-state index contributed by atoms with van der Waals surface area (Å²) >= 11 is 7.46. The Morgan fingerprint density at radius 1 is 1.45 bits per heavy atom. The number of thiophene rings is 1. The van der Waals surface area contributed by atoms with Crippen molar-refractivity contribution >= 4 is 34.5 Å². The maximum Gasteiger partial charge on any atom is 0.256 e. The van der Waals surface area contributed by atoms with E-state index >= 15 is 0 Å². The van der Waals surface area contributed by atoms with E-state index in [4.69, 9.17) is 11.6 Å². The van der Waals surface area contributed by atoms with Crippen LogP contribution in [-0.4, -0.2) is 26.5 Å². The van der Waals surface area contributed by atoms with Gasteiger partial charge in [0.15, 0.2) is 5.65 Å². The topological polar surface area (TPSA) is 59.3 Å². The number of halogens is 1. The summed E-state index contributed by atoms with van der Waals surface area (Å²) < 4.78 is 2.38. The van der Waals surface area contributed by atoms with Crippen molar-refractivity contribution < 1.29 is 4.79 Å². The van der Waals surface area contributed by atoms with E-state index in [1.54, 1.807) is 16.9 Å². The number of aromatic nitrogens is 3. The lowest BCUT2D eigenvalue weighted by Crippen LogP contribution is -2.31. The van der Waals surface area contributed by atoms with Gasteiger partial charge in [-0.1, -0.05) is 18.5 Å². The third-order valence-electron chi connectivity index (χ3n) is 3.46. The summed E-state index contributed by atoms with van der Waals surface area (Å²) in [4.78, 5) is 17.6. The minimum atomic E-state index is -0.154. The fraction of sp³-hybridized carbons (Fsp3) is 0.267. The molecule has 3 aromatic rings. The maximum absolute atomic E-state index is 12.3. The van der Waals surface area contributed by atoms with Crippen LogP contribution in [0.1, 0.15) is 30.6 Å². The Morgan fingerprint density at radius 2 is 2.27 bits per heavy atom. The fourth-order valence-corrected chi connectivity index (χ4v) is 3.15. The first-order valence-electron chi connectivity index (χ1n) is 6.99. The van der Waals surface area contributed by atoms with Crippen molar-refractivity contribution in [1.29, 1.82) is 0 Å². The smallest absolute Gasteiger partial charge is 0.256 e. The van der Waals surface area contributed by atoms with E-state index in [0.717, 1.165) is 17.0 Å². The molecule has 7 heteroatoms. The number of nitrogens with one attached hydrogen (secondary N) is 1. The van der Waals surface area contributed by atoms with Crippen LogP contribution in [0.15, 0.2) is 30.6 Å². The van der Waals surface area contributed by atoms with Crippen LogP contribution in [0.4, 0.5) is 0 Å². The Balaban J connectivity index is 2.04. The minimum absolute atomic E-state index is 0.113. The van der Waals surface area contributed by atoms with Gasteiger partial charge < -0.3 is 5.32 Å². The van der Waals surface area contributed by atoms with Crippen LogP contribution in [-0.2, 0) is 0 Å². The highest BCUT2D eigenvalue weighted by Crippen LogP contribution is 2.31. The maximum atomic E-state index is 12.3. The molecule has 0 bridgehead atoms. The summed E-state index contributed by atoms with van der Waals surface area (Å²) in [5, 5.41) is 7.25. The molecule has 3 rings (SSSR count). The molecule has 0 aliphatic rings. The predicted molar refractivity (Wildman–Crippen MR) is 88.5 cm³/mol. The van der Waals surface area contributed by atoms with Gasteiger partial charge in [0.05, 0.1) is 21.1 Å². The van der Waals surface area contributed by atoms with Crippen LogP contribution in [0.3, 0.4) is 0 Å². The van der Waals surface area contributed by atoms with E-state index in [1.165, 1.54) is 11.3 Å². The highest BCUT2D eigenvalue weighted by molar-refractivity contribution is 7.19. The van der Waals surface area contributed by atoms with E-state index < -0.39 is 0 Å². The van der Waals surface area contributed by atoms with Gasteiger partial charge in [0.25, 0.3) is 5.91 Å². The molecular formula is C15H15ClN4OS. The summed E-state index contributed by atoms with van der Waals surface area (Å²) in [6, 6.07) is 5.75. The second-order valence-electron chi connectivity index (χ2n) is 5.01. The molecule has 3 heterocycles. The van der Waals surface area contributed by atoms with Crippen LogP contribution in [0.5, 0.6) is 0 Å². The van der Waals surface area contributed by atoms with Crippen molar-refractivity contribution in [3.05, 3.63) is 40.5 Å². The van der Waals surface area contributed by atoms with Crippen LogP contribution in [0.2, 0.25) is 4.34 Å². The first-order chi connectivity index (χ1) is 10.6. The normalized spacial score (nSPS) is 12.5. The Labute approximate surface area is 136 Å². The number of rotatable bonds is 4. The fourth-order valence-electron chi connectivity index (χ4n) is 2.09. The van der Waals surface area contributed by atoms with E-state index in [9.17, 15) is 4.79 Å². The molecule has 0 aromatic carbocycles. The zero-order valence-electron chi connectivity index (χ0n) is 12.2. The highest BCUT2D eigenvalue weighted by atomic mass is 35.5. The van der Waals surface area contributed by atoms with Crippen molar-refractivity contribution in [1.82, 2.24) is 19.9 Å². The Bertz CT molecular complexity index is 826. The molecule has 22 heavy (non-hydrogen) atoms. The van der Waals surface area contributed by atoms with Crippen molar-refractivity contribution in [2.45, 2.75) is 26.3 Å². The first-order valence-corrected chi connectivity index (χ1v) is 8.19. The van der Waals surface area contributed by atoms with Gasteiger partial charge in [-0.15, -0.1) is 11.3 Å². The molecule has 0 spiro atoms. The largest absolute Gasteiger partial charge is 0.349 e. The number of nitrogens with zero attached hydrogens (tertiary/aromatic N) is 3. The molecule has 0 radical (unpaired) electrons. The molecule has 5 nitrogen and oxygen atoms in total. The lowest BCUT2D eigenvalue weighted by atomic mass is 10.2. The van der Waals surface area contributed by atoms with E-state index in [1.807, 2.05) is 32.0 Å². The van der Waals surface area contributed by atoms with Gasteiger partial charge in [0, 0.05) is 12.2 Å². The molecule has 114 valence electrons. The molecule has 1 N–H and O–H groups in total. The van der Waals surface area contributed by atoms with E-state index in [0.29, 0.717) is 15.5 Å². The molecule has 0 fully saturated rings. The van der Waals surface area contributed by atoms with Crippen molar-refractivity contribution in [3.63, 3.8) is 0 Å². The summed E-state index contributed by atoms with van der Waals surface area (Å²) in [5.74, 6) is -0.154. The average molecular weight is 335 g/mol. The van der Waals surface area contributed by atoms with Gasteiger partial charge in [0.2, 0.25) is 0 Å². The lowest BCUT2D eigenvalue weighted by molar-refractivity contribution is 0.0940. The second kappa shape index (κ2) is 6.06. The third-order valence-corrected chi connectivity index (χ3v) is 4.72. The number of amides is 1. The monoisotopic (exact) mass is 334 g/mol. The van der Waals surface area contributed by atoms with Crippen LogP contribution >= 0.6 is 22.9 Å². The van der Waals surface area contributed by atoms with Crippen LogP contribution in [0, 0.1) is 0 Å². The molecule has 0 saturated heterocycles. The molecule has 0 saturated carbocycles. The lowest BCUT2D eigenvalue weighted by Gasteiger charge is -2.10. The van der Waals surface area contributed by atoms with Gasteiger partial charge >= 0.3 is 0 Å². The van der Waals surface area contributed by atoms with Crippen molar-refractivity contribution in [2.75, 3.05) is 0 Å². The van der Waals surface area contributed by atoms with Crippen molar-refractivity contribution in [3.8, 4) is 10.6 Å². The summed E-state index contributed by atoms with van der Waals surface area (Å²) in [6.07, 6.45) is 4.11. The molecule has 1 atom stereocenters. The van der Waals surface area contributed by atoms with Gasteiger partial charge in [0.1, 0.15) is 5.56 Å². The minimum Gasteiger partial charge on any atom is -0.349 e. The third kappa shape index (κ3) is 2.71. The summed E-state index contributed by atoms with van der Waals surface area (Å²) in [7, 11) is 0. The Morgan fingerprint density at radius 3 is 2.95 bits per heavy atom. The molecule has 1 amide bonds. The second-order valence-corrected chi connectivity index (χ2v) is 6.73. The van der Waals surface area contributed by atoms with Gasteiger partial charge in [-0.3, -0.25) is 4.79 Å². The number of hydrogen-bond acceptors (Lipinski definition) is 4. The predicted octanol–water partition coefficient (Wildman–Crippen LogP) is 3.64. The molecule has 3 aromatic heterocycles. The Kier molecular flexibility index (Phi) is 4.13. The van der Waals surface area contributed by atoms with Gasteiger partial charge in [-0.25, -0.2) is 9.50 Å². The number of carbonyl (C=O) groups excluding carboxylic acids is 1.